The summed E-state index contributed by atoms with van der Waals surface area (Å²) in [5.41, 5.74) is 17.9. The average Bonchev–Trinajstić information content (AvgIpc) is 3.15. The normalized spacial score (nSPS) is 48.4. The van der Waals surface area contributed by atoms with E-state index in [1.165, 1.54) is 13.8 Å². The summed E-state index contributed by atoms with van der Waals surface area (Å²) < 4.78 is 124. The van der Waals surface area contributed by atoms with Crippen LogP contribution in [0.1, 0.15) is 20.3 Å². The second kappa shape index (κ2) is 19.7. The van der Waals surface area contributed by atoms with Gasteiger partial charge in [0.2, 0.25) is 0 Å². The number of nitrogens with two attached hydrogens (primary N) is 3. The predicted molar refractivity (Wildman–Crippen MR) is 184 cm³/mol. The van der Waals surface area contributed by atoms with Gasteiger partial charge >= 0.3 is 26.8 Å². The quantitative estimate of drug-likeness (QED) is 0.0720. The molecule has 0 aromatic carbocycles. The number of aliphatic hydroxyl groups is 7. The molecule has 5 rings (SSSR count). The van der Waals surface area contributed by atoms with Gasteiger partial charge in [0.1, 0.15) is 61.0 Å². The Morgan fingerprint density at radius 2 is 1.25 bits per heavy atom. The van der Waals surface area contributed by atoms with Gasteiger partial charge in [-0.1, -0.05) is 0 Å². The number of carbonyl (C=O) groups is 1. The maximum absolute atomic E-state index is 12.5. The van der Waals surface area contributed by atoms with Crippen LogP contribution >= 0.6 is 0 Å². The highest BCUT2D eigenvalue weighted by atomic mass is 32.3. The molecule has 29 nitrogen and oxygen atoms in total. The Hall–Kier alpha value is -1.55. The monoisotopic (exact) mass is 921 g/mol. The first kappa shape index (κ1) is 49.5. The van der Waals surface area contributed by atoms with Gasteiger partial charge in [-0.2, -0.15) is 16.8 Å². The van der Waals surface area contributed by atoms with Crippen molar-refractivity contribution < 1.29 is 123 Å². The van der Waals surface area contributed by atoms with Crippen LogP contribution in [0.15, 0.2) is 0 Å². The van der Waals surface area contributed by atoms with Crippen LogP contribution in [0.5, 0.6) is 0 Å². The minimum Gasteiger partial charge on any atom is -0.479 e. The molecule has 60 heavy (non-hydrogen) atoms. The zero-order chi connectivity index (χ0) is 44.8. The minimum absolute atomic E-state index is 0.186. The molecule has 350 valence electrons. The molecule has 0 saturated carbocycles. The fourth-order valence-electron chi connectivity index (χ4n) is 7.04. The summed E-state index contributed by atoms with van der Waals surface area (Å²) in [6, 6.07) is -4.17. The van der Waals surface area contributed by atoms with E-state index in [1.54, 1.807) is 0 Å². The van der Waals surface area contributed by atoms with Gasteiger partial charge in [-0.3, -0.25) is 9.11 Å². The summed E-state index contributed by atoms with van der Waals surface area (Å²) >= 11 is 0. The Morgan fingerprint density at radius 3 is 1.87 bits per heavy atom. The molecule has 0 radical (unpaired) electrons. The Morgan fingerprint density at radius 1 is 0.633 bits per heavy atom. The van der Waals surface area contributed by atoms with Gasteiger partial charge in [-0.25, -0.2) is 13.2 Å². The second-order valence-corrected chi connectivity index (χ2v) is 16.8. The van der Waals surface area contributed by atoms with E-state index in [4.69, 9.17) is 64.4 Å². The van der Waals surface area contributed by atoms with Gasteiger partial charge in [-0.05, 0) is 20.3 Å². The molecule has 9 unspecified atom stereocenters. The van der Waals surface area contributed by atoms with Gasteiger partial charge in [-0.15, -0.1) is 0 Å². The number of rotatable bonds is 14. The van der Waals surface area contributed by atoms with E-state index < -0.39 is 175 Å². The zero-order valence-electron chi connectivity index (χ0n) is 31.5. The highest BCUT2D eigenvalue weighted by Crippen LogP contribution is 2.35. The van der Waals surface area contributed by atoms with E-state index in [1.807, 2.05) is 0 Å². The lowest BCUT2D eigenvalue weighted by Gasteiger charge is -2.48. The molecule has 31 heteroatoms. The van der Waals surface area contributed by atoms with E-state index in [-0.39, 0.29) is 13.0 Å². The van der Waals surface area contributed by atoms with Crippen LogP contribution in [0.3, 0.4) is 0 Å². The highest BCUT2D eigenvalue weighted by Gasteiger charge is 2.56. The van der Waals surface area contributed by atoms with Crippen LogP contribution in [-0.2, 0) is 76.6 Å². The number of carboxylic acid groups (broad SMARTS) is 1. The van der Waals surface area contributed by atoms with E-state index >= 15 is 0 Å². The SMILES string of the molecule is CC1O[C@H](O[C@@H]2C(C(=O)O)O[C@@H](O[C@@H]3C(COS(=O)(=O)O)O[C@H](O)C(N)[C@H]3O)C(OS(=O)(=O)O)[C@H]2O)C(N)C[C@@H]1O[C@@H]1OC[C@@H](O[C@@H]2OC(C)[C@@H](O)[C@H](O)C2N)[C@H](O)C1O. The van der Waals surface area contributed by atoms with Gasteiger partial charge in [0, 0.05) is 0 Å². The van der Waals surface area contributed by atoms with Crippen molar-refractivity contribution in [3.05, 3.63) is 0 Å². The number of hydrogen-bond donors (Lipinski definition) is 13. The first-order chi connectivity index (χ1) is 27.8. The molecule has 0 aromatic heterocycles. The number of hydrogen-bond acceptors (Lipinski definition) is 26. The van der Waals surface area contributed by atoms with Crippen molar-refractivity contribution in [3.63, 3.8) is 0 Å². The number of aliphatic hydroxyl groups excluding tert-OH is 7. The lowest BCUT2D eigenvalue weighted by atomic mass is 9.95. The Bertz CT molecular complexity index is 1670. The first-order valence-electron chi connectivity index (χ1n) is 18.2. The molecule has 0 bridgehead atoms. The molecule has 5 fully saturated rings. The average molecular weight is 922 g/mol. The van der Waals surface area contributed by atoms with Crippen LogP contribution in [0.2, 0.25) is 0 Å². The fourth-order valence-corrected chi connectivity index (χ4v) is 7.83. The summed E-state index contributed by atoms with van der Waals surface area (Å²) in [4.78, 5) is 12.5. The molecule has 5 aliphatic heterocycles. The second-order valence-electron chi connectivity index (χ2n) is 14.7. The number of carboxylic acids is 1. The summed E-state index contributed by atoms with van der Waals surface area (Å²) in [5.74, 6) is -1.87. The Labute approximate surface area is 340 Å². The summed E-state index contributed by atoms with van der Waals surface area (Å²) in [5, 5.41) is 84.1. The standard InChI is InChI=1S/C29H51N3O26S2/c1-6-9(53-28-18(37)15(34)10(4-48-28)54-27-13(32)16(35)14(33)7(2)51-27)3-8(30)26(50-6)56-21-19(38)22(58-60(45,46)47)29(57-23(21)24(39)40)55-20-11(5-49-59(42,43)44)52-25(41)12(31)17(20)36/h6-23,25-29,33-38,41H,3-5,30-32H2,1-2H3,(H,39,40)(H,42,43,44)(H,45,46,47)/t6?,7?,8?,9-,10+,11?,12?,13?,14+,15-,16+,17+,18?,19-,20+,21-,22?,23?,25-,26+,27-,28-,29+/m0/s1. The number of aliphatic carboxylic acids is 1. The van der Waals surface area contributed by atoms with Crippen molar-refractivity contribution in [2.24, 2.45) is 17.2 Å². The zero-order valence-corrected chi connectivity index (χ0v) is 33.1. The van der Waals surface area contributed by atoms with Crippen LogP contribution in [0.4, 0.5) is 0 Å². The Kier molecular flexibility index (Phi) is 16.2. The van der Waals surface area contributed by atoms with Crippen LogP contribution in [-0.4, -0.2) is 227 Å². The van der Waals surface area contributed by atoms with Gasteiger partial charge in [0.05, 0.1) is 49.7 Å². The topological polar surface area (TPSA) is 467 Å². The lowest BCUT2D eigenvalue weighted by Crippen LogP contribution is -2.68. The predicted octanol–water partition coefficient (Wildman–Crippen LogP) is -8.56. The molecular weight excluding hydrogens is 870 g/mol. The largest absolute Gasteiger partial charge is 0.479 e. The maximum atomic E-state index is 12.5. The summed E-state index contributed by atoms with van der Waals surface area (Å²) in [7, 11) is -10.7. The molecular formula is C29H51N3O26S2. The molecule has 0 amide bonds. The van der Waals surface area contributed by atoms with Crippen molar-refractivity contribution in [2.45, 2.75) is 161 Å². The van der Waals surface area contributed by atoms with Crippen molar-refractivity contribution in [1.29, 1.82) is 0 Å². The molecule has 0 aliphatic carbocycles. The lowest BCUT2D eigenvalue weighted by molar-refractivity contribution is -0.358. The first-order valence-corrected chi connectivity index (χ1v) is 20.9. The highest BCUT2D eigenvalue weighted by molar-refractivity contribution is 7.81. The van der Waals surface area contributed by atoms with E-state index in [2.05, 4.69) is 8.37 Å². The minimum atomic E-state index is -5.55. The fraction of sp³-hybridized carbons (Fsp3) is 0.966. The van der Waals surface area contributed by atoms with Gasteiger partial charge < -0.3 is 101 Å². The number of ether oxygens (including phenoxy) is 9. The van der Waals surface area contributed by atoms with Crippen molar-refractivity contribution in [3.8, 4) is 0 Å². The maximum Gasteiger partial charge on any atom is 0.397 e. The van der Waals surface area contributed by atoms with Crippen LogP contribution in [0, 0.1) is 0 Å². The molecule has 16 N–H and O–H groups in total. The van der Waals surface area contributed by atoms with Gasteiger partial charge in [0.25, 0.3) is 0 Å². The smallest absolute Gasteiger partial charge is 0.397 e. The molecule has 5 heterocycles. The van der Waals surface area contributed by atoms with Crippen molar-refractivity contribution in [2.75, 3.05) is 13.2 Å². The molecule has 5 aliphatic rings. The van der Waals surface area contributed by atoms with E-state index in [0.717, 1.165) is 0 Å². The summed E-state index contributed by atoms with van der Waals surface area (Å²) in [6.07, 6.45) is -34.5. The van der Waals surface area contributed by atoms with Crippen molar-refractivity contribution >= 4 is 26.8 Å². The van der Waals surface area contributed by atoms with E-state index in [0.29, 0.717) is 0 Å². The van der Waals surface area contributed by atoms with Gasteiger partial charge in [0.15, 0.2) is 43.7 Å². The third-order valence-electron chi connectivity index (χ3n) is 10.4. The van der Waals surface area contributed by atoms with Crippen LogP contribution < -0.4 is 17.2 Å². The third kappa shape index (κ3) is 11.6. The third-order valence-corrected chi connectivity index (χ3v) is 11.3. The summed E-state index contributed by atoms with van der Waals surface area (Å²) in [6.45, 7) is 1.34. The van der Waals surface area contributed by atoms with Crippen molar-refractivity contribution in [1.82, 2.24) is 0 Å². The van der Waals surface area contributed by atoms with E-state index in [9.17, 15) is 67.0 Å². The molecule has 23 atom stereocenters. The molecule has 0 spiro atoms. The van der Waals surface area contributed by atoms with Crippen LogP contribution in [0.25, 0.3) is 0 Å². The Balaban J connectivity index is 1.25. The molecule has 0 aromatic rings. The molecule has 5 saturated heterocycles.